The molecular weight excluding hydrogens is 316 g/mol. The molecule has 1 aromatic carbocycles. The summed E-state index contributed by atoms with van der Waals surface area (Å²) in [6.45, 7) is 5.27. The van der Waals surface area contributed by atoms with E-state index >= 15 is 0 Å². The second-order valence-corrected chi connectivity index (χ2v) is 6.72. The van der Waals surface area contributed by atoms with Gasteiger partial charge in [-0.25, -0.2) is 0 Å². The normalized spacial score (nSPS) is 21.1. The molecule has 0 radical (unpaired) electrons. The number of likely N-dealkylation sites (tertiary alicyclic amines) is 1. The van der Waals surface area contributed by atoms with Crippen LogP contribution in [-0.4, -0.2) is 54.5 Å². The van der Waals surface area contributed by atoms with E-state index in [1.807, 2.05) is 30.3 Å². The van der Waals surface area contributed by atoms with Crippen molar-refractivity contribution in [2.75, 3.05) is 31.2 Å². The second kappa shape index (κ2) is 8.25. The lowest BCUT2D eigenvalue weighted by molar-refractivity contribution is -0.118. The largest absolute Gasteiger partial charge is 0.350 e. The zero-order valence-corrected chi connectivity index (χ0v) is 14.8. The van der Waals surface area contributed by atoms with E-state index in [2.05, 4.69) is 15.3 Å². The van der Waals surface area contributed by atoms with Crippen molar-refractivity contribution in [1.82, 2.24) is 10.2 Å². The highest BCUT2D eigenvalue weighted by atomic mass is 16.2. The average molecular weight is 342 g/mol. The quantitative estimate of drug-likeness (QED) is 0.856. The maximum absolute atomic E-state index is 12.4. The number of rotatable bonds is 6. The van der Waals surface area contributed by atoms with Crippen LogP contribution in [0.15, 0.2) is 35.4 Å². The minimum Gasteiger partial charge on any atom is -0.350 e. The topological polar surface area (TPSA) is 65.0 Å². The fourth-order valence-electron chi connectivity index (χ4n) is 3.40. The molecule has 2 heterocycles. The van der Waals surface area contributed by atoms with E-state index in [1.165, 1.54) is 19.3 Å². The lowest BCUT2D eigenvalue weighted by Crippen LogP contribution is -2.40. The molecule has 1 amide bonds. The fourth-order valence-corrected chi connectivity index (χ4v) is 3.40. The lowest BCUT2D eigenvalue weighted by atomic mass is 10.1. The zero-order valence-electron chi connectivity index (χ0n) is 14.8. The minimum atomic E-state index is -0.398. The molecule has 0 bridgehead atoms. The molecule has 0 aromatic heterocycles. The zero-order chi connectivity index (χ0) is 17.6. The van der Waals surface area contributed by atoms with Gasteiger partial charge in [-0.15, -0.1) is 0 Å². The number of hydrogen-bond donors (Lipinski definition) is 1. The van der Waals surface area contributed by atoms with Crippen LogP contribution >= 0.6 is 0 Å². The number of nitrogens with one attached hydrogen (secondary N) is 1. The van der Waals surface area contributed by atoms with Crippen molar-refractivity contribution in [1.29, 1.82) is 0 Å². The van der Waals surface area contributed by atoms with Crippen molar-refractivity contribution in [3.63, 3.8) is 0 Å². The predicted molar refractivity (Wildman–Crippen MR) is 98.7 cm³/mol. The third-order valence-electron chi connectivity index (χ3n) is 4.82. The van der Waals surface area contributed by atoms with Gasteiger partial charge in [0.2, 0.25) is 0 Å². The highest BCUT2D eigenvalue weighted by Crippen LogP contribution is 2.24. The smallest absolute Gasteiger partial charge is 0.267 e. The minimum absolute atomic E-state index is 0.0173. The molecule has 0 aliphatic carbocycles. The van der Waals surface area contributed by atoms with E-state index < -0.39 is 6.04 Å². The first kappa shape index (κ1) is 17.6. The van der Waals surface area contributed by atoms with Gasteiger partial charge in [0, 0.05) is 19.5 Å². The Bertz CT molecular complexity index is 638. The van der Waals surface area contributed by atoms with Crippen LogP contribution in [0.1, 0.15) is 32.6 Å². The van der Waals surface area contributed by atoms with E-state index in [-0.39, 0.29) is 11.7 Å². The summed E-state index contributed by atoms with van der Waals surface area (Å²) < 4.78 is 0. The van der Waals surface area contributed by atoms with Gasteiger partial charge in [0.05, 0.1) is 5.69 Å². The molecule has 1 unspecified atom stereocenters. The number of hydrazone groups is 1. The van der Waals surface area contributed by atoms with E-state index in [0.717, 1.165) is 25.3 Å². The van der Waals surface area contributed by atoms with Gasteiger partial charge in [0.1, 0.15) is 11.8 Å². The summed E-state index contributed by atoms with van der Waals surface area (Å²) in [6, 6.07) is 9.12. The molecule has 1 atom stereocenters. The van der Waals surface area contributed by atoms with Gasteiger partial charge in [-0.05, 0) is 45.0 Å². The number of amides is 1. The molecule has 2 aliphatic heterocycles. The van der Waals surface area contributed by atoms with Crippen molar-refractivity contribution in [2.24, 2.45) is 5.10 Å². The molecular formula is C19H26N4O2. The van der Waals surface area contributed by atoms with Gasteiger partial charge in [-0.2, -0.15) is 5.10 Å². The maximum Gasteiger partial charge on any atom is 0.267 e. The van der Waals surface area contributed by atoms with E-state index in [9.17, 15) is 9.59 Å². The van der Waals surface area contributed by atoms with Crippen LogP contribution in [0.2, 0.25) is 0 Å². The fraction of sp³-hybridized carbons (Fsp3) is 0.526. The average Bonchev–Trinajstić information content (AvgIpc) is 3.09. The molecule has 134 valence electrons. The Hall–Kier alpha value is -2.21. The first-order valence-corrected chi connectivity index (χ1v) is 9.08. The Kier molecular flexibility index (Phi) is 5.81. The Morgan fingerprint density at radius 2 is 1.88 bits per heavy atom. The van der Waals surface area contributed by atoms with Crippen molar-refractivity contribution in [3.8, 4) is 0 Å². The van der Waals surface area contributed by atoms with Crippen LogP contribution in [-0.2, 0) is 9.59 Å². The molecule has 0 saturated carbocycles. The summed E-state index contributed by atoms with van der Waals surface area (Å²) >= 11 is 0. The van der Waals surface area contributed by atoms with Crippen LogP contribution < -0.4 is 10.3 Å². The highest BCUT2D eigenvalue weighted by molar-refractivity contribution is 6.40. The monoisotopic (exact) mass is 342 g/mol. The number of anilines is 1. The number of carbonyl (C=O) groups is 2. The second-order valence-electron chi connectivity index (χ2n) is 6.72. The standard InChI is InChI=1S/C19H26N4O2/c1-15(24)18-14-17(21-23(18)16-8-4-2-5-9-16)19(25)20-10-13-22-11-6-3-7-12-22/h2,4-5,8-9,18H,3,6-7,10-14H2,1H3,(H,20,25). The summed E-state index contributed by atoms with van der Waals surface area (Å²) in [4.78, 5) is 26.8. The number of benzene rings is 1. The van der Waals surface area contributed by atoms with E-state index in [1.54, 1.807) is 11.9 Å². The molecule has 25 heavy (non-hydrogen) atoms. The molecule has 1 aromatic rings. The summed E-state index contributed by atoms with van der Waals surface area (Å²) in [6.07, 6.45) is 4.15. The van der Waals surface area contributed by atoms with Crippen LogP contribution in [0.4, 0.5) is 5.69 Å². The third-order valence-corrected chi connectivity index (χ3v) is 4.82. The van der Waals surface area contributed by atoms with Gasteiger partial charge in [0.25, 0.3) is 5.91 Å². The first-order chi connectivity index (χ1) is 12.1. The molecule has 3 rings (SSSR count). The maximum atomic E-state index is 12.4. The predicted octanol–water partition coefficient (Wildman–Crippen LogP) is 1.81. The lowest BCUT2D eigenvalue weighted by Gasteiger charge is -2.26. The van der Waals surface area contributed by atoms with Gasteiger partial charge < -0.3 is 10.2 Å². The number of carbonyl (C=O) groups excluding carboxylic acids is 2. The SMILES string of the molecule is CC(=O)C1CC(C(=O)NCCN2CCCCC2)=NN1c1ccccc1. The Morgan fingerprint density at radius 3 is 2.56 bits per heavy atom. The van der Waals surface area contributed by atoms with Gasteiger partial charge in [-0.1, -0.05) is 24.6 Å². The summed E-state index contributed by atoms with van der Waals surface area (Å²) in [5.41, 5.74) is 1.27. The Morgan fingerprint density at radius 1 is 1.16 bits per heavy atom. The first-order valence-electron chi connectivity index (χ1n) is 9.08. The van der Waals surface area contributed by atoms with Gasteiger partial charge in [0.15, 0.2) is 5.78 Å². The number of piperidine rings is 1. The number of Topliss-reactive ketones (excluding diaryl/α,β-unsaturated/α-hetero) is 1. The van der Waals surface area contributed by atoms with E-state index in [0.29, 0.717) is 18.7 Å². The summed E-state index contributed by atoms with van der Waals surface area (Å²) in [5, 5.41) is 9.05. The molecule has 2 aliphatic rings. The van der Waals surface area contributed by atoms with Gasteiger partial charge in [-0.3, -0.25) is 14.6 Å². The van der Waals surface area contributed by atoms with Crippen LogP contribution in [0.3, 0.4) is 0 Å². The number of hydrogen-bond acceptors (Lipinski definition) is 5. The number of nitrogens with zero attached hydrogens (tertiary/aromatic N) is 3. The van der Waals surface area contributed by atoms with Gasteiger partial charge >= 0.3 is 0 Å². The van der Waals surface area contributed by atoms with Crippen molar-refractivity contribution in [3.05, 3.63) is 30.3 Å². The van der Waals surface area contributed by atoms with Crippen molar-refractivity contribution < 1.29 is 9.59 Å². The third kappa shape index (κ3) is 4.45. The van der Waals surface area contributed by atoms with Crippen molar-refractivity contribution >= 4 is 23.1 Å². The number of para-hydroxylation sites is 1. The van der Waals surface area contributed by atoms with Crippen LogP contribution in [0.25, 0.3) is 0 Å². The van der Waals surface area contributed by atoms with Crippen LogP contribution in [0, 0.1) is 0 Å². The highest BCUT2D eigenvalue weighted by Gasteiger charge is 2.34. The number of ketones is 1. The van der Waals surface area contributed by atoms with Crippen LogP contribution in [0.5, 0.6) is 0 Å². The molecule has 1 N–H and O–H groups in total. The molecule has 6 nitrogen and oxygen atoms in total. The molecule has 1 fully saturated rings. The van der Waals surface area contributed by atoms with Crippen molar-refractivity contribution in [2.45, 2.75) is 38.6 Å². The molecule has 0 spiro atoms. The summed E-state index contributed by atoms with van der Waals surface area (Å²) in [7, 11) is 0. The molecule has 1 saturated heterocycles. The molecule has 6 heteroatoms. The Balaban J connectivity index is 1.59. The summed E-state index contributed by atoms with van der Waals surface area (Å²) in [5.74, 6) is -0.148. The van der Waals surface area contributed by atoms with E-state index in [4.69, 9.17) is 0 Å². The Labute approximate surface area is 148 Å².